The number of rotatable bonds is 6. The molecule has 0 aliphatic heterocycles. The van der Waals surface area contributed by atoms with Crippen LogP contribution in [0.25, 0.3) is 0 Å². The Kier molecular flexibility index (Phi) is 6.11. The first kappa shape index (κ1) is 15.8. The molecular formula is C12H15ClF2N2O2. The van der Waals surface area contributed by atoms with Gasteiger partial charge in [-0.1, -0.05) is 18.5 Å². The van der Waals surface area contributed by atoms with E-state index in [1.54, 1.807) is 0 Å². The van der Waals surface area contributed by atoms with Crippen molar-refractivity contribution in [3.8, 4) is 0 Å². The molecule has 0 aromatic carbocycles. The van der Waals surface area contributed by atoms with Gasteiger partial charge in [0.15, 0.2) is 0 Å². The van der Waals surface area contributed by atoms with E-state index in [0.717, 1.165) is 4.90 Å². The predicted octanol–water partition coefficient (Wildman–Crippen LogP) is 2.00. The van der Waals surface area contributed by atoms with Gasteiger partial charge < -0.3 is 10.0 Å². The molecule has 1 aromatic heterocycles. The van der Waals surface area contributed by atoms with Gasteiger partial charge in [0, 0.05) is 17.8 Å². The van der Waals surface area contributed by atoms with E-state index in [1.807, 2.05) is 6.92 Å². The van der Waals surface area contributed by atoms with Crippen LogP contribution < -0.4 is 0 Å². The monoisotopic (exact) mass is 292 g/mol. The van der Waals surface area contributed by atoms with Crippen molar-refractivity contribution < 1.29 is 18.7 Å². The van der Waals surface area contributed by atoms with E-state index in [4.69, 9.17) is 16.7 Å². The third-order valence-corrected chi connectivity index (χ3v) is 2.67. The van der Waals surface area contributed by atoms with Crippen LogP contribution in [0.15, 0.2) is 12.1 Å². The molecule has 0 saturated carbocycles. The van der Waals surface area contributed by atoms with E-state index < -0.39 is 18.9 Å². The highest BCUT2D eigenvalue weighted by atomic mass is 35.5. The number of aromatic nitrogens is 1. The van der Waals surface area contributed by atoms with Crippen molar-refractivity contribution >= 4 is 17.5 Å². The van der Waals surface area contributed by atoms with Crippen molar-refractivity contribution in [2.24, 2.45) is 0 Å². The van der Waals surface area contributed by atoms with Gasteiger partial charge >= 0.3 is 0 Å². The molecule has 0 aliphatic rings. The second-order valence-corrected chi connectivity index (χ2v) is 4.28. The number of hydrogen-bond acceptors (Lipinski definition) is 3. The van der Waals surface area contributed by atoms with Crippen molar-refractivity contribution in [2.45, 2.75) is 19.8 Å². The Morgan fingerprint density at radius 2 is 2.21 bits per heavy atom. The lowest BCUT2D eigenvalue weighted by Crippen LogP contribution is -2.37. The van der Waals surface area contributed by atoms with Crippen LogP contribution in [-0.4, -0.2) is 47.0 Å². The SMILES string of the molecule is CCc1cc(C(=O)N(CCO)CC(F)F)cc(Cl)n1. The summed E-state index contributed by atoms with van der Waals surface area (Å²) in [7, 11) is 0. The van der Waals surface area contributed by atoms with Crippen molar-refractivity contribution in [1.82, 2.24) is 9.88 Å². The van der Waals surface area contributed by atoms with E-state index in [2.05, 4.69) is 4.98 Å². The van der Waals surface area contributed by atoms with E-state index in [1.165, 1.54) is 12.1 Å². The summed E-state index contributed by atoms with van der Waals surface area (Å²) in [6.45, 7) is 0.598. The van der Waals surface area contributed by atoms with Gasteiger partial charge in [-0.15, -0.1) is 0 Å². The van der Waals surface area contributed by atoms with Gasteiger partial charge in [0.25, 0.3) is 12.3 Å². The van der Waals surface area contributed by atoms with E-state index >= 15 is 0 Å². The van der Waals surface area contributed by atoms with Gasteiger partial charge in [0.05, 0.1) is 13.2 Å². The highest BCUT2D eigenvalue weighted by Crippen LogP contribution is 2.14. The summed E-state index contributed by atoms with van der Waals surface area (Å²) in [6, 6.07) is 2.85. The maximum atomic E-state index is 12.4. The Labute approximate surface area is 115 Å². The number of halogens is 3. The van der Waals surface area contributed by atoms with Crippen LogP contribution in [0, 0.1) is 0 Å². The molecule has 0 fully saturated rings. The zero-order valence-electron chi connectivity index (χ0n) is 10.4. The molecule has 4 nitrogen and oxygen atoms in total. The molecule has 19 heavy (non-hydrogen) atoms. The summed E-state index contributed by atoms with van der Waals surface area (Å²) in [6.07, 6.45) is -2.08. The lowest BCUT2D eigenvalue weighted by atomic mass is 10.2. The second-order valence-electron chi connectivity index (χ2n) is 3.89. The van der Waals surface area contributed by atoms with Crippen molar-refractivity contribution in [2.75, 3.05) is 19.7 Å². The normalized spacial score (nSPS) is 10.8. The molecule has 0 aliphatic carbocycles. The Morgan fingerprint density at radius 1 is 1.53 bits per heavy atom. The number of carbonyl (C=O) groups excluding carboxylic acids is 1. The molecule has 1 rings (SSSR count). The molecule has 1 aromatic rings. The molecule has 0 unspecified atom stereocenters. The number of aliphatic hydroxyl groups excluding tert-OH is 1. The lowest BCUT2D eigenvalue weighted by Gasteiger charge is -2.21. The minimum Gasteiger partial charge on any atom is -0.395 e. The van der Waals surface area contributed by atoms with Crippen LogP contribution in [-0.2, 0) is 6.42 Å². The number of carbonyl (C=O) groups is 1. The Bertz CT molecular complexity index is 444. The van der Waals surface area contributed by atoms with Gasteiger partial charge in [-0.25, -0.2) is 13.8 Å². The Balaban J connectivity index is 2.98. The summed E-state index contributed by atoms with van der Waals surface area (Å²) in [4.78, 5) is 17.0. The maximum absolute atomic E-state index is 12.4. The fourth-order valence-corrected chi connectivity index (χ4v) is 1.83. The minimum absolute atomic E-state index is 0.142. The number of hydrogen-bond donors (Lipinski definition) is 1. The number of amides is 1. The molecule has 0 saturated heterocycles. The molecule has 0 spiro atoms. The lowest BCUT2D eigenvalue weighted by molar-refractivity contribution is 0.0509. The zero-order valence-corrected chi connectivity index (χ0v) is 11.2. The molecule has 0 bridgehead atoms. The van der Waals surface area contributed by atoms with E-state index in [9.17, 15) is 13.6 Å². The van der Waals surface area contributed by atoms with Crippen LogP contribution in [0.1, 0.15) is 23.0 Å². The van der Waals surface area contributed by atoms with Gasteiger partial charge in [-0.2, -0.15) is 0 Å². The van der Waals surface area contributed by atoms with Gasteiger partial charge in [-0.3, -0.25) is 4.79 Å². The number of aliphatic hydroxyl groups is 1. The summed E-state index contributed by atoms with van der Waals surface area (Å²) in [5, 5.41) is 8.97. The topological polar surface area (TPSA) is 53.4 Å². The van der Waals surface area contributed by atoms with E-state index in [-0.39, 0.29) is 23.9 Å². The second kappa shape index (κ2) is 7.35. The first-order chi connectivity index (χ1) is 8.97. The van der Waals surface area contributed by atoms with Gasteiger partial charge in [-0.05, 0) is 18.6 Å². The van der Waals surface area contributed by atoms with Crippen molar-refractivity contribution in [1.29, 1.82) is 0 Å². The van der Waals surface area contributed by atoms with Crippen LogP contribution >= 0.6 is 11.6 Å². The van der Waals surface area contributed by atoms with Gasteiger partial charge in [0.1, 0.15) is 5.15 Å². The number of pyridine rings is 1. The quantitative estimate of drug-likeness (QED) is 0.816. The molecule has 1 amide bonds. The minimum atomic E-state index is -2.65. The molecule has 7 heteroatoms. The molecule has 0 atom stereocenters. The maximum Gasteiger partial charge on any atom is 0.255 e. The smallest absolute Gasteiger partial charge is 0.255 e. The number of aryl methyl sites for hydroxylation is 1. The largest absolute Gasteiger partial charge is 0.395 e. The third kappa shape index (κ3) is 4.72. The summed E-state index contributed by atoms with van der Waals surface area (Å²) in [5.74, 6) is -0.589. The summed E-state index contributed by atoms with van der Waals surface area (Å²) >= 11 is 5.78. The first-order valence-electron chi connectivity index (χ1n) is 5.82. The highest BCUT2D eigenvalue weighted by molar-refractivity contribution is 6.29. The third-order valence-electron chi connectivity index (χ3n) is 2.47. The molecule has 0 radical (unpaired) electrons. The highest BCUT2D eigenvalue weighted by Gasteiger charge is 2.20. The number of nitrogens with zero attached hydrogens (tertiary/aromatic N) is 2. The summed E-state index contributed by atoms with van der Waals surface area (Å²) in [5.41, 5.74) is 0.808. The van der Waals surface area contributed by atoms with E-state index in [0.29, 0.717) is 12.1 Å². The molecular weight excluding hydrogens is 278 g/mol. The Morgan fingerprint density at radius 3 is 2.74 bits per heavy atom. The average molecular weight is 293 g/mol. The van der Waals surface area contributed by atoms with Gasteiger partial charge in [0.2, 0.25) is 0 Å². The molecule has 106 valence electrons. The fourth-order valence-electron chi connectivity index (χ4n) is 1.60. The summed E-state index contributed by atoms with van der Waals surface area (Å²) < 4.78 is 24.8. The fraction of sp³-hybridized carbons (Fsp3) is 0.500. The average Bonchev–Trinajstić information content (AvgIpc) is 2.36. The zero-order chi connectivity index (χ0) is 14.4. The van der Waals surface area contributed by atoms with Crippen LogP contribution in [0.3, 0.4) is 0 Å². The van der Waals surface area contributed by atoms with Crippen LogP contribution in [0.4, 0.5) is 8.78 Å². The predicted molar refractivity (Wildman–Crippen MR) is 67.6 cm³/mol. The standard InChI is InChI=1S/C12H15ClF2N2O2/c1-2-9-5-8(6-10(13)16-9)12(19)17(3-4-18)7-11(14)15/h5-6,11,18H,2-4,7H2,1H3. The van der Waals surface area contributed by atoms with Crippen LogP contribution in [0.5, 0.6) is 0 Å². The molecule has 1 N–H and O–H groups in total. The number of alkyl halides is 2. The molecule has 1 heterocycles. The first-order valence-corrected chi connectivity index (χ1v) is 6.20. The Hall–Kier alpha value is -1.27. The van der Waals surface area contributed by atoms with Crippen molar-refractivity contribution in [3.05, 3.63) is 28.5 Å². The van der Waals surface area contributed by atoms with Crippen LogP contribution in [0.2, 0.25) is 5.15 Å². The van der Waals surface area contributed by atoms with Crippen molar-refractivity contribution in [3.63, 3.8) is 0 Å².